The van der Waals surface area contributed by atoms with Crippen LogP contribution < -0.4 is 11.1 Å². The minimum atomic E-state index is 0.137. The molecule has 3 rings (SSSR count). The van der Waals surface area contributed by atoms with Crippen LogP contribution >= 0.6 is 0 Å². The molecule has 0 spiro atoms. The molecule has 1 aromatic carbocycles. The summed E-state index contributed by atoms with van der Waals surface area (Å²) in [7, 11) is 0. The van der Waals surface area contributed by atoms with Gasteiger partial charge >= 0.3 is 0 Å². The SMILES string of the molecule is CC1CCC(CCC(=O)NC2CCCc3cc(N)ccc32)O1. The topological polar surface area (TPSA) is 64.4 Å². The zero-order chi connectivity index (χ0) is 15.5. The Morgan fingerprint density at radius 3 is 3.00 bits per heavy atom. The van der Waals surface area contributed by atoms with Crippen LogP contribution in [0.15, 0.2) is 18.2 Å². The number of nitrogens with one attached hydrogen (secondary N) is 1. The molecule has 1 aliphatic carbocycles. The van der Waals surface area contributed by atoms with E-state index in [1.165, 1.54) is 11.1 Å². The van der Waals surface area contributed by atoms with Gasteiger partial charge in [-0.1, -0.05) is 6.07 Å². The number of hydrogen-bond donors (Lipinski definition) is 2. The van der Waals surface area contributed by atoms with E-state index < -0.39 is 0 Å². The Morgan fingerprint density at radius 2 is 2.23 bits per heavy atom. The average molecular weight is 302 g/mol. The standard InChI is InChI=1S/C18H26N2O2/c1-12-5-7-15(22-12)8-10-18(21)20-17-4-2-3-13-11-14(19)6-9-16(13)17/h6,9,11-12,15,17H,2-5,7-8,10,19H2,1H3,(H,20,21). The van der Waals surface area contributed by atoms with E-state index in [0.29, 0.717) is 12.5 Å². The summed E-state index contributed by atoms with van der Waals surface area (Å²) < 4.78 is 5.78. The molecule has 0 bridgehead atoms. The first-order valence-corrected chi connectivity index (χ1v) is 8.45. The van der Waals surface area contributed by atoms with Crippen molar-refractivity contribution in [3.8, 4) is 0 Å². The Kier molecular flexibility index (Phi) is 4.67. The third kappa shape index (κ3) is 3.61. The number of benzene rings is 1. The second-order valence-electron chi connectivity index (χ2n) is 6.66. The van der Waals surface area contributed by atoms with Gasteiger partial charge in [-0.2, -0.15) is 0 Å². The molecule has 1 aliphatic heterocycles. The molecule has 0 radical (unpaired) electrons. The predicted octanol–water partition coefficient (Wildman–Crippen LogP) is 3.11. The number of rotatable bonds is 4. The maximum absolute atomic E-state index is 12.2. The quantitative estimate of drug-likeness (QED) is 0.840. The molecule has 3 N–H and O–H groups in total. The minimum Gasteiger partial charge on any atom is -0.399 e. The van der Waals surface area contributed by atoms with Crippen molar-refractivity contribution in [3.05, 3.63) is 29.3 Å². The Hall–Kier alpha value is -1.55. The number of fused-ring (bicyclic) bond motifs is 1. The van der Waals surface area contributed by atoms with E-state index in [-0.39, 0.29) is 18.1 Å². The lowest BCUT2D eigenvalue weighted by Crippen LogP contribution is -2.31. The van der Waals surface area contributed by atoms with Crippen LogP contribution in [0.5, 0.6) is 0 Å². The first-order chi connectivity index (χ1) is 10.6. The van der Waals surface area contributed by atoms with Crippen LogP contribution in [0.1, 0.15) is 62.6 Å². The van der Waals surface area contributed by atoms with E-state index in [2.05, 4.69) is 18.3 Å². The van der Waals surface area contributed by atoms with Gasteiger partial charge in [-0.05, 0) is 68.7 Å². The molecule has 3 atom stereocenters. The maximum atomic E-state index is 12.2. The van der Waals surface area contributed by atoms with Crippen LogP contribution in [-0.2, 0) is 16.0 Å². The van der Waals surface area contributed by atoms with Gasteiger partial charge < -0.3 is 15.8 Å². The summed E-state index contributed by atoms with van der Waals surface area (Å²) in [5.74, 6) is 0.137. The lowest BCUT2D eigenvalue weighted by atomic mass is 9.87. The molecule has 0 saturated carbocycles. The largest absolute Gasteiger partial charge is 0.399 e. The van der Waals surface area contributed by atoms with Crippen molar-refractivity contribution >= 4 is 11.6 Å². The van der Waals surface area contributed by atoms with Gasteiger partial charge in [0, 0.05) is 12.1 Å². The summed E-state index contributed by atoms with van der Waals surface area (Å²) in [6.45, 7) is 2.10. The number of nitrogens with two attached hydrogens (primary N) is 1. The first kappa shape index (κ1) is 15.3. The van der Waals surface area contributed by atoms with Gasteiger partial charge in [0.25, 0.3) is 0 Å². The molecule has 1 fully saturated rings. The van der Waals surface area contributed by atoms with Crippen molar-refractivity contribution in [2.75, 3.05) is 5.73 Å². The van der Waals surface area contributed by atoms with Crippen molar-refractivity contribution in [1.82, 2.24) is 5.32 Å². The van der Waals surface area contributed by atoms with Crippen molar-refractivity contribution < 1.29 is 9.53 Å². The molecule has 1 amide bonds. The molecular formula is C18H26N2O2. The van der Waals surface area contributed by atoms with Crippen LogP contribution in [0, 0.1) is 0 Å². The fourth-order valence-electron chi connectivity index (χ4n) is 3.64. The number of amides is 1. The molecule has 22 heavy (non-hydrogen) atoms. The third-order valence-corrected chi connectivity index (χ3v) is 4.83. The molecule has 3 unspecified atom stereocenters. The Bertz CT molecular complexity index is 544. The number of carbonyl (C=O) groups is 1. The number of anilines is 1. The molecular weight excluding hydrogens is 276 g/mol. The van der Waals surface area contributed by atoms with Crippen molar-refractivity contribution in [1.29, 1.82) is 0 Å². The first-order valence-electron chi connectivity index (χ1n) is 8.45. The highest BCUT2D eigenvalue weighted by Crippen LogP contribution is 2.31. The van der Waals surface area contributed by atoms with Gasteiger partial charge in [0.1, 0.15) is 0 Å². The number of carbonyl (C=O) groups excluding carboxylic acids is 1. The smallest absolute Gasteiger partial charge is 0.220 e. The van der Waals surface area contributed by atoms with Crippen LogP contribution in [0.2, 0.25) is 0 Å². The Labute approximate surface area is 132 Å². The Morgan fingerprint density at radius 1 is 1.36 bits per heavy atom. The van der Waals surface area contributed by atoms with Gasteiger partial charge in [-0.15, -0.1) is 0 Å². The highest BCUT2D eigenvalue weighted by molar-refractivity contribution is 5.76. The predicted molar refractivity (Wildman–Crippen MR) is 87.5 cm³/mol. The third-order valence-electron chi connectivity index (χ3n) is 4.83. The average Bonchev–Trinajstić information content (AvgIpc) is 2.91. The van der Waals surface area contributed by atoms with E-state index in [0.717, 1.165) is 44.2 Å². The van der Waals surface area contributed by atoms with Crippen LogP contribution in [0.4, 0.5) is 5.69 Å². The molecule has 2 aliphatic rings. The lowest BCUT2D eigenvalue weighted by molar-refractivity contribution is -0.122. The summed E-state index contributed by atoms with van der Waals surface area (Å²) in [5, 5.41) is 3.19. The summed E-state index contributed by atoms with van der Waals surface area (Å²) >= 11 is 0. The van der Waals surface area contributed by atoms with E-state index in [1.807, 2.05) is 12.1 Å². The summed E-state index contributed by atoms with van der Waals surface area (Å²) in [6, 6.07) is 6.18. The van der Waals surface area contributed by atoms with Crippen molar-refractivity contribution in [2.24, 2.45) is 0 Å². The van der Waals surface area contributed by atoms with E-state index >= 15 is 0 Å². The van der Waals surface area contributed by atoms with Crippen LogP contribution in [-0.4, -0.2) is 18.1 Å². The summed E-state index contributed by atoms with van der Waals surface area (Å²) in [6.07, 6.45) is 7.37. The number of aryl methyl sites for hydroxylation is 1. The monoisotopic (exact) mass is 302 g/mol. The molecule has 4 heteroatoms. The van der Waals surface area contributed by atoms with Gasteiger partial charge in [0.05, 0.1) is 18.2 Å². The highest BCUT2D eigenvalue weighted by Gasteiger charge is 2.24. The number of nitrogen functional groups attached to an aromatic ring is 1. The van der Waals surface area contributed by atoms with E-state index in [9.17, 15) is 4.79 Å². The van der Waals surface area contributed by atoms with Crippen LogP contribution in [0.3, 0.4) is 0 Å². The minimum absolute atomic E-state index is 0.137. The zero-order valence-corrected chi connectivity index (χ0v) is 13.3. The van der Waals surface area contributed by atoms with E-state index in [4.69, 9.17) is 10.5 Å². The summed E-state index contributed by atoms with van der Waals surface area (Å²) in [4.78, 5) is 12.2. The molecule has 1 aromatic rings. The molecule has 1 heterocycles. The van der Waals surface area contributed by atoms with Gasteiger partial charge in [-0.3, -0.25) is 4.79 Å². The molecule has 0 aromatic heterocycles. The van der Waals surface area contributed by atoms with Gasteiger partial charge in [-0.25, -0.2) is 0 Å². The second kappa shape index (κ2) is 6.69. The van der Waals surface area contributed by atoms with Crippen molar-refractivity contribution in [3.63, 3.8) is 0 Å². The van der Waals surface area contributed by atoms with Gasteiger partial charge in [0.15, 0.2) is 0 Å². The second-order valence-corrected chi connectivity index (χ2v) is 6.66. The molecule has 120 valence electrons. The molecule has 4 nitrogen and oxygen atoms in total. The zero-order valence-electron chi connectivity index (χ0n) is 13.3. The van der Waals surface area contributed by atoms with Crippen molar-refractivity contribution in [2.45, 2.75) is 70.1 Å². The Balaban J connectivity index is 1.54. The fraction of sp³-hybridized carbons (Fsp3) is 0.611. The van der Waals surface area contributed by atoms with Gasteiger partial charge in [0.2, 0.25) is 5.91 Å². The highest BCUT2D eigenvalue weighted by atomic mass is 16.5. The lowest BCUT2D eigenvalue weighted by Gasteiger charge is -2.27. The normalized spacial score (nSPS) is 27.4. The number of hydrogen-bond acceptors (Lipinski definition) is 3. The maximum Gasteiger partial charge on any atom is 0.220 e. The van der Waals surface area contributed by atoms with E-state index in [1.54, 1.807) is 0 Å². The fourth-order valence-corrected chi connectivity index (χ4v) is 3.64. The number of ether oxygens (including phenoxy) is 1. The van der Waals surface area contributed by atoms with Crippen LogP contribution in [0.25, 0.3) is 0 Å². The summed E-state index contributed by atoms with van der Waals surface area (Å²) in [5.41, 5.74) is 9.18. The molecule has 1 saturated heterocycles.